The Hall–Kier alpha value is -2.76. The van der Waals surface area contributed by atoms with Crippen LogP contribution < -0.4 is 15.8 Å². The van der Waals surface area contributed by atoms with Crippen LogP contribution in [0.25, 0.3) is 10.2 Å². The van der Waals surface area contributed by atoms with E-state index in [-0.39, 0.29) is 11.4 Å². The van der Waals surface area contributed by atoms with Gasteiger partial charge in [0.25, 0.3) is 5.56 Å². The Morgan fingerprint density at radius 3 is 2.58 bits per heavy atom. The van der Waals surface area contributed by atoms with E-state index in [0.29, 0.717) is 18.8 Å². The van der Waals surface area contributed by atoms with Crippen LogP contribution in [0.1, 0.15) is 26.7 Å². The minimum atomic E-state index is -3.73. The second kappa shape index (κ2) is 9.62. The number of hydrogen-bond donors (Lipinski definition) is 1. The van der Waals surface area contributed by atoms with Crippen molar-refractivity contribution < 1.29 is 13.2 Å². The molecule has 1 aliphatic rings. The van der Waals surface area contributed by atoms with Crippen LogP contribution in [-0.4, -0.2) is 54.4 Å². The molecule has 0 unspecified atom stereocenters. The van der Waals surface area contributed by atoms with Gasteiger partial charge in [0.05, 0.1) is 15.1 Å². The summed E-state index contributed by atoms with van der Waals surface area (Å²) in [5, 5.41) is 3.79. The Kier molecular flexibility index (Phi) is 6.82. The minimum Gasteiger partial charge on any atom is -0.348 e. The van der Waals surface area contributed by atoms with E-state index in [1.807, 2.05) is 12.1 Å². The van der Waals surface area contributed by atoms with E-state index in [1.54, 1.807) is 31.3 Å². The number of thiazole rings is 1. The lowest BCUT2D eigenvalue weighted by molar-refractivity contribution is -0.116. The highest BCUT2D eigenvalue weighted by Gasteiger charge is 2.23. The fourth-order valence-corrected chi connectivity index (χ4v) is 6.42. The van der Waals surface area contributed by atoms with Crippen LogP contribution in [0.15, 0.2) is 46.2 Å². The lowest BCUT2D eigenvalue weighted by Gasteiger charge is -2.19. The summed E-state index contributed by atoms with van der Waals surface area (Å²) in [5.41, 5.74) is 1.03. The molecule has 1 fully saturated rings. The number of aromatic nitrogens is 2. The van der Waals surface area contributed by atoms with Crippen molar-refractivity contribution in [3.05, 3.63) is 46.9 Å². The van der Waals surface area contributed by atoms with Gasteiger partial charge in [-0.15, -0.1) is 0 Å². The molecular weight excluding hydrogens is 462 g/mol. The highest BCUT2D eigenvalue weighted by molar-refractivity contribution is 7.89. The summed E-state index contributed by atoms with van der Waals surface area (Å²) in [5.74, 6) is -0.418. The predicted molar refractivity (Wildman–Crippen MR) is 131 cm³/mol. The fourth-order valence-electron chi connectivity index (χ4n) is 3.89. The SMILES string of the molecule is CCN(CC)S(=O)(=O)c1ccc(=O)n(CC(=O)Nc2ccc3nc(N4CCCC4)sc3c2)c1. The van der Waals surface area contributed by atoms with E-state index >= 15 is 0 Å². The molecule has 3 heterocycles. The van der Waals surface area contributed by atoms with Crippen molar-refractivity contribution in [2.24, 2.45) is 0 Å². The van der Waals surface area contributed by atoms with Crippen molar-refractivity contribution >= 4 is 48.3 Å². The van der Waals surface area contributed by atoms with Gasteiger partial charge in [-0.05, 0) is 37.1 Å². The molecule has 1 N–H and O–H groups in total. The molecule has 176 valence electrons. The van der Waals surface area contributed by atoms with Gasteiger partial charge in [-0.3, -0.25) is 9.59 Å². The molecule has 3 aromatic rings. The standard InChI is InChI=1S/C22H27N5O4S2/c1-3-27(4-2)33(30,31)17-8-10-21(29)26(14-17)15-20(28)23-16-7-9-18-19(13-16)32-22(24-18)25-11-5-6-12-25/h7-10,13-14H,3-6,11-12,15H2,1-2H3,(H,23,28). The van der Waals surface area contributed by atoms with Crippen LogP contribution >= 0.6 is 11.3 Å². The molecule has 1 aliphatic heterocycles. The van der Waals surface area contributed by atoms with E-state index in [0.717, 1.165) is 33.0 Å². The highest BCUT2D eigenvalue weighted by Crippen LogP contribution is 2.32. The number of carbonyl (C=O) groups excluding carboxylic acids is 1. The van der Waals surface area contributed by atoms with Crippen LogP contribution in [0.3, 0.4) is 0 Å². The maximum atomic E-state index is 12.8. The molecule has 0 bridgehead atoms. The first kappa shape index (κ1) is 23.4. The van der Waals surface area contributed by atoms with Gasteiger partial charge in [0.2, 0.25) is 15.9 Å². The number of hydrogen-bond acceptors (Lipinski definition) is 7. The predicted octanol–water partition coefficient (Wildman–Crippen LogP) is 2.73. The molecule has 1 saturated heterocycles. The molecule has 0 atom stereocenters. The van der Waals surface area contributed by atoms with Gasteiger partial charge in [-0.2, -0.15) is 4.31 Å². The number of pyridine rings is 1. The molecule has 4 rings (SSSR count). The van der Waals surface area contributed by atoms with Gasteiger partial charge in [0.1, 0.15) is 6.54 Å². The molecule has 1 aromatic carbocycles. The fraction of sp³-hybridized carbons (Fsp3) is 0.409. The van der Waals surface area contributed by atoms with Gasteiger partial charge in [-0.1, -0.05) is 25.2 Å². The van der Waals surface area contributed by atoms with E-state index in [9.17, 15) is 18.0 Å². The van der Waals surface area contributed by atoms with E-state index < -0.39 is 21.5 Å². The number of nitrogens with one attached hydrogen (secondary N) is 1. The van der Waals surface area contributed by atoms with Crippen LogP contribution in [0.5, 0.6) is 0 Å². The largest absolute Gasteiger partial charge is 0.348 e. The lowest BCUT2D eigenvalue weighted by Crippen LogP contribution is -2.33. The first-order valence-electron chi connectivity index (χ1n) is 11.0. The molecule has 0 radical (unpaired) electrons. The van der Waals surface area contributed by atoms with Crippen molar-refractivity contribution in [3.63, 3.8) is 0 Å². The smallest absolute Gasteiger partial charge is 0.251 e. The van der Waals surface area contributed by atoms with Gasteiger partial charge >= 0.3 is 0 Å². The molecule has 33 heavy (non-hydrogen) atoms. The Balaban J connectivity index is 1.50. The number of amides is 1. The average molecular weight is 490 g/mol. The molecule has 1 amide bonds. The number of sulfonamides is 1. The number of anilines is 2. The van der Waals surface area contributed by atoms with Crippen molar-refractivity contribution in [1.82, 2.24) is 13.9 Å². The quantitative estimate of drug-likeness (QED) is 0.522. The first-order chi connectivity index (χ1) is 15.8. The zero-order chi connectivity index (χ0) is 23.6. The summed E-state index contributed by atoms with van der Waals surface area (Å²) < 4.78 is 28.9. The third-order valence-electron chi connectivity index (χ3n) is 5.65. The third-order valence-corrected chi connectivity index (χ3v) is 8.76. The Morgan fingerprint density at radius 1 is 1.15 bits per heavy atom. The lowest BCUT2D eigenvalue weighted by atomic mass is 10.3. The van der Waals surface area contributed by atoms with Crippen molar-refractivity contribution in [3.8, 4) is 0 Å². The zero-order valence-electron chi connectivity index (χ0n) is 18.7. The molecule has 2 aromatic heterocycles. The normalized spacial score (nSPS) is 14.3. The van der Waals surface area contributed by atoms with E-state index in [2.05, 4.69) is 15.2 Å². The summed E-state index contributed by atoms with van der Waals surface area (Å²) in [7, 11) is -3.73. The second-order valence-corrected chi connectivity index (χ2v) is 10.8. The average Bonchev–Trinajstić information content (AvgIpc) is 3.45. The van der Waals surface area contributed by atoms with Crippen LogP contribution in [0.2, 0.25) is 0 Å². The number of nitrogens with zero attached hydrogens (tertiary/aromatic N) is 4. The first-order valence-corrected chi connectivity index (χ1v) is 13.2. The monoisotopic (exact) mass is 489 g/mol. The number of fused-ring (bicyclic) bond motifs is 1. The van der Waals surface area contributed by atoms with E-state index in [1.165, 1.54) is 35.5 Å². The van der Waals surface area contributed by atoms with Gasteiger partial charge in [0.15, 0.2) is 5.13 Å². The summed E-state index contributed by atoms with van der Waals surface area (Å²) in [6.07, 6.45) is 3.58. The van der Waals surface area contributed by atoms with Crippen LogP contribution in [0.4, 0.5) is 10.8 Å². The zero-order valence-corrected chi connectivity index (χ0v) is 20.3. The van der Waals surface area contributed by atoms with Crippen molar-refractivity contribution in [2.75, 3.05) is 36.4 Å². The molecular formula is C22H27N5O4S2. The van der Waals surface area contributed by atoms with Gasteiger partial charge in [-0.25, -0.2) is 13.4 Å². The molecule has 9 nitrogen and oxygen atoms in total. The van der Waals surface area contributed by atoms with Gasteiger partial charge < -0.3 is 14.8 Å². The second-order valence-electron chi connectivity index (χ2n) is 7.84. The van der Waals surface area contributed by atoms with Gasteiger partial charge in [0, 0.05) is 44.1 Å². The number of carbonyl (C=O) groups is 1. The molecule has 11 heteroatoms. The molecule has 0 saturated carbocycles. The number of benzene rings is 1. The van der Waals surface area contributed by atoms with Crippen molar-refractivity contribution in [2.45, 2.75) is 38.1 Å². The maximum Gasteiger partial charge on any atom is 0.251 e. The molecule has 0 spiro atoms. The minimum absolute atomic E-state index is 0.0147. The Bertz CT molecular complexity index is 1320. The molecule has 0 aliphatic carbocycles. The van der Waals surface area contributed by atoms with Crippen LogP contribution in [-0.2, 0) is 21.4 Å². The number of rotatable bonds is 8. The summed E-state index contributed by atoms with van der Waals surface area (Å²) >= 11 is 1.59. The van der Waals surface area contributed by atoms with Crippen LogP contribution in [0, 0.1) is 0 Å². The van der Waals surface area contributed by atoms with Crippen molar-refractivity contribution in [1.29, 1.82) is 0 Å². The Labute approximate surface area is 196 Å². The maximum absolute atomic E-state index is 12.8. The van der Waals surface area contributed by atoms with E-state index in [4.69, 9.17) is 0 Å². The highest BCUT2D eigenvalue weighted by atomic mass is 32.2. The third kappa shape index (κ3) is 4.94. The summed E-state index contributed by atoms with van der Waals surface area (Å²) in [6, 6.07) is 7.96. The summed E-state index contributed by atoms with van der Waals surface area (Å²) in [6.45, 7) is 5.87. The topological polar surface area (TPSA) is 105 Å². The Morgan fingerprint density at radius 2 is 1.88 bits per heavy atom. The summed E-state index contributed by atoms with van der Waals surface area (Å²) in [4.78, 5) is 31.8.